The molecule has 3 nitrogen and oxygen atoms in total. The van der Waals surface area contributed by atoms with Gasteiger partial charge in [0.25, 0.3) is 0 Å². The van der Waals surface area contributed by atoms with E-state index in [0.29, 0.717) is 6.04 Å². The summed E-state index contributed by atoms with van der Waals surface area (Å²) in [6.07, 6.45) is 10.7. The zero-order valence-electron chi connectivity index (χ0n) is 12.2. The minimum absolute atomic E-state index is 0.434. The van der Waals surface area contributed by atoms with Crippen LogP contribution in [0.15, 0.2) is 36.9 Å². The van der Waals surface area contributed by atoms with Gasteiger partial charge in [-0.2, -0.15) is 0 Å². The second kappa shape index (κ2) is 6.23. The van der Waals surface area contributed by atoms with Gasteiger partial charge in [0.1, 0.15) is 0 Å². The Bertz CT molecular complexity index is 545. The van der Waals surface area contributed by atoms with E-state index in [0.717, 1.165) is 19.5 Å². The first kappa shape index (κ1) is 13.4. The Hall–Kier alpha value is -1.61. The summed E-state index contributed by atoms with van der Waals surface area (Å²) in [7, 11) is 0. The molecule has 1 aromatic heterocycles. The number of aromatic nitrogens is 2. The molecule has 3 rings (SSSR count). The first-order valence-electron chi connectivity index (χ1n) is 7.64. The normalized spacial score (nSPS) is 15.2. The van der Waals surface area contributed by atoms with Crippen LogP contribution in [-0.4, -0.2) is 16.1 Å². The van der Waals surface area contributed by atoms with Gasteiger partial charge in [-0.05, 0) is 55.8 Å². The molecule has 1 atom stereocenters. The Labute approximate surface area is 121 Å². The predicted molar refractivity (Wildman–Crippen MR) is 81.7 cm³/mol. The molecule has 3 heteroatoms. The molecule has 0 aliphatic heterocycles. The van der Waals surface area contributed by atoms with Crippen LogP contribution in [0, 0.1) is 0 Å². The molecule has 0 amide bonds. The molecule has 0 bridgehead atoms. The smallest absolute Gasteiger partial charge is 0.0945 e. The quantitative estimate of drug-likeness (QED) is 0.817. The van der Waals surface area contributed by atoms with Gasteiger partial charge in [-0.3, -0.25) is 0 Å². The van der Waals surface area contributed by atoms with Crippen molar-refractivity contribution in [1.29, 1.82) is 0 Å². The number of hydrogen-bond donors (Lipinski definition) is 1. The third-order valence-corrected chi connectivity index (χ3v) is 4.23. The van der Waals surface area contributed by atoms with E-state index in [9.17, 15) is 0 Å². The average molecular weight is 269 g/mol. The Balaban J connectivity index is 1.48. The third-order valence-electron chi connectivity index (χ3n) is 4.23. The lowest BCUT2D eigenvalue weighted by Crippen LogP contribution is -2.21. The molecular weight excluding hydrogens is 246 g/mol. The van der Waals surface area contributed by atoms with Gasteiger partial charge >= 0.3 is 0 Å². The second-order valence-electron chi connectivity index (χ2n) is 5.71. The SMILES string of the molecule is CC(NCCCn1ccnc1)c1ccc2c(c1)CCC2. The lowest BCUT2D eigenvalue weighted by Gasteiger charge is -2.15. The number of nitrogens with zero attached hydrogens (tertiary/aromatic N) is 2. The van der Waals surface area contributed by atoms with Crippen LogP contribution in [0.2, 0.25) is 0 Å². The van der Waals surface area contributed by atoms with E-state index in [1.54, 1.807) is 11.1 Å². The van der Waals surface area contributed by atoms with Gasteiger partial charge in [0.05, 0.1) is 6.33 Å². The number of imidazole rings is 1. The van der Waals surface area contributed by atoms with E-state index >= 15 is 0 Å². The fourth-order valence-corrected chi connectivity index (χ4v) is 2.98. The molecule has 1 N–H and O–H groups in total. The highest BCUT2D eigenvalue weighted by Crippen LogP contribution is 2.25. The van der Waals surface area contributed by atoms with Gasteiger partial charge in [0, 0.05) is 25.0 Å². The van der Waals surface area contributed by atoms with Crippen LogP contribution in [0.5, 0.6) is 0 Å². The van der Waals surface area contributed by atoms with Gasteiger partial charge < -0.3 is 9.88 Å². The zero-order valence-corrected chi connectivity index (χ0v) is 12.2. The number of rotatable bonds is 6. The van der Waals surface area contributed by atoms with Crippen LogP contribution >= 0.6 is 0 Å². The van der Waals surface area contributed by atoms with Crippen LogP contribution in [0.4, 0.5) is 0 Å². The lowest BCUT2D eigenvalue weighted by atomic mass is 10.0. The maximum Gasteiger partial charge on any atom is 0.0945 e. The monoisotopic (exact) mass is 269 g/mol. The summed E-state index contributed by atoms with van der Waals surface area (Å²) >= 11 is 0. The number of fused-ring (bicyclic) bond motifs is 1. The van der Waals surface area contributed by atoms with E-state index in [1.165, 1.54) is 24.8 Å². The van der Waals surface area contributed by atoms with Crippen molar-refractivity contribution in [3.63, 3.8) is 0 Å². The molecule has 20 heavy (non-hydrogen) atoms. The van der Waals surface area contributed by atoms with E-state index < -0.39 is 0 Å². The van der Waals surface area contributed by atoms with Gasteiger partial charge in [0.15, 0.2) is 0 Å². The first-order chi connectivity index (χ1) is 9.83. The molecule has 1 aromatic carbocycles. The van der Waals surface area contributed by atoms with Crippen molar-refractivity contribution in [3.05, 3.63) is 53.6 Å². The Morgan fingerprint density at radius 2 is 2.20 bits per heavy atom. The highest BCUT2D eigenvalue weighted by Gasteiger charge is 2.13. The molecule has 0 saturated carbocycles. The number of benzene rings is 1. The summed E-state index contributed by atoms with van der Waals surface area (Å²) in [5.41, 5.74) is 4.55. The minimum atomic E-state index is 0.434. The van der Waals surface area contributed by atoms with Crippen LogP contribution in [0.1, 0.15) is 42.5 Å². The third kappa shape index (κ3) is 3.10. The van der Waals surface area contributed by atoms with Crippen LogP contribution < -0.4 is 5.32 Å². The molecule has 0 saturated heterocycles. The number of nitrogens with one attached hydrogen (secondary N) is 1. The van der Waals surface area contributed by atoms with Crippen molar-refractivity contribution in [3.8, 4) is 0 Å². The van der Waals surface area contributed by atoms with E-state index in [1.807, 2.05) is 18.7 Å². The van der Waals surface area contributed by atoms with Crippen LogP contribution in [0.25, 0.3) is 0 Å². The average Bonchev–Trinajstić information content (AvgIpc) is 3.13. The Kier molecular flexibility index (Phi) is 4.16. The predicted octanol–water partition coefficient (Wildman–Crippen LogP) is 3.11. The summed E-state index contributed by atoms with van der Waals surface area (Å²) in [5.74, 6) is 0. The highest BCUT2D eigenvalue weighted by atomic mass is 15.0. The van der Waals surface area contributed by atoms with Crippen LogP contribution in [0.3, 0.4) is 0 Å². The highest BCUT2D eigenvalue weighted by molar-refractivity contribution is 5.36. The number of aryl methyl sites for hydroxylation is 3. The van der Waals surface area contributed by atoms with Crippen molar-refractivity contribution >= 4 is 0 Å². The fourth-order valence-electron chi connectivity index (χ4n) is 2.98. The molecule has 0 radical (unpaired) electrons. The molecule has 1 unspecified atom stereocenters. The summed E-state index contributed by atoms with van der Waals surface area (Å²) in [6.45, 7) is 4.33. The first-order valence-corrected chi connectivity index (χ1v) is 7.64. The van der Waals surface area contributed by atoms with Gasteiger partial charge in [-0.25, -0.2) is 4.98 Å². The second-order valence-corrected chi connectivity index (χ2v) is 5.71. The fraction of sp³-hybridized carbons (Fsp3) is 0.471. The van der Waals surface area contributed by atoms with Gasteiger partial charge in [-0.1, -0.05) is 18.2 Å². The Morgan fingerprint density at radius 1 is 1.30 bits per heavy atom. The summed E-state index contributed by atoms with van der Waals surface area (Å²) < 4.78 is 2.13. The van der Waals surface area contributed by atoms with E-state index in [2.05, 4.69) is 40.0 Å². The van der Waals surface area contributed by atoms with E-state index in [4.69, 9.17) is 0 Å². The standard InChI is InChI=1S/C17H23N3/c1-14(19-8-3-10-20-11-9-18-13-20)16-7-6-15-4-2-5-17(15)12-16/h6-7,9,11-14,19H,2-5,8,10H2,1H3. The summed E-state index contributed by atoms with van der Waals surface area (Å²) in [4.78, 5) is 4.06. The maximum absolute atomic E-state index is 4.06. The van der Waals surface area contributed by atoms with Crippen molar-refractivity contribution in [1.82, 2.24) is 14.9 Å². The van der Waals surface area contributed by atoms with E-state index in [-0.39, 0.29) is 0 Å². The van der Waals surface area contributed by atoms with Crippen molar-refractivity contribution in [2.24, 2.45) is 0 Å². The van der Waals surface area contributed by atoms with Crippen molar-refractivity contribution in [2.75, 3.05) is 6.54 Å². The molecule has 1 heterocycles. The van der Waals surface area contributed by atoms with Gasteiger partial charge in [0.2, 0.25) is 0 Å². The van der Waals surface area contributed by atoms with Gasteiger partial charge in [-0.15, -0.1) is 0 Å². The molecule has 1 aliphatic rings. The molecule has 1 aliphatic carbocycles. The van der Waals surface area contributed by atoms with Crippen molar-refractivity contribution in [2.45, 2.75) is 45.2 Å². The molecule has 0 fully saturated rings. The topological polar surface area (TPSA) is 29.9 Å². The zero-order chi connectivity index (χ0) is 13.8. The minimum Gasteiger partial charge on any atom is -0.337 e. The largest absolute Gasteiger partial charge is 0.337 e. The molecule has 2 aromatic rings. The molecular formula is C17H23N3. The Morgan fingerprint density at radius 3 is 3.05 bits per heavy atom. The molecule has 0 spiro atoms. The lowest BCUT2D eigenvalue weighted by molar-refractivity contribution is 0.526. The summed E-state index contributed by atoms with van der Waals surface area (Å²) in [5, 5.41) is 3.62. The maximum atomic E-state index is 4.06. The van der Waals surface area contributed by atoms with Crippen molar-refractivity contribution < 1.29 is 0 Å². The molecule has 106 valence electrons. The van der Waals surface area contributed by atoms with Crippen LogP contribution in [-0.2, 0) is 19.4 Å². The number of hydrogen-bond acceptors (Lipinski definition) is 2. The summed E-state index contributed by atoms with van der Waals surface area (Å²) in [6, 6.07) is 7.44.